The van der Waals surface area contributed by atoms with Gasteiger partial charge in [0.25, 0.3) is 11.1 Å². The Hall–Kier alpha value is -3.51. The molecule has 6 heteroatoms. The maximum absolute atomic E-state index is 13.0. The maximum atomic E-state index is 13.0. The molecule has 3 aromatic rings. The van der Waals surface area contributed by atoms with Crippen molar-refractivity contribution in [1.82, 2.24) is 0 Å². The lowest BCUT2D eigenvalue weighted by Crippen LogP contribution is -2.27. The average molecular weight is 459 g/mol. The van der Waals surface area contributed by atoms with Gasteiger partial charge in [-0.15, -0.1) is 0 Å². The van der Waals surface area contributed by atoms with Crippen molar-refractivity contribution in [1.29, 1.82) is 0 Å². The Morgan fingerprint density at radius 1 is 0.909 bits per heavy atom. The van der Waals surface area contributed by atoms with E-state index in [2.05, 4.69) is 18.7 Å². The summed E-state index contributed by atoms with van der Waals surface area (Å²) < 4.78 is 6.20. The second-order valence-electron chi connectivity index (χ2n) is 7.52. The fourth-order valence-electron chi connectivity index (χ4n) is 3.70. The van der Waals surface area contributed by atoms with Crippen LogP contribution in [-0.4, -0.2) is 24.2 Å². The van der Waals surface area contributed by atoms with Gasteiger partial charge in [-0.1, -0.05) is 48.5 Å². The van der Waals surface area contributed by atoms with Crippen LogP contribution in [0.1, 0.15) is 25.0 Å². The van der Waals surface area contributed by atoms with Crippen LogP contribution in [0.2, 0.25) is 0 Å². The van der Waals surface area contributed by atoms with Crippen LogP contribution < -0.4 is 14.5 Å². The van der Waals surface area contributed by atoms with Gasteiger partial charge in [0.15, 0.2) is 0 Å². The fourth-order valence-corrected chi connectivity index (χ4v) is 4.53. The van der Waals surface area contributed by atoms with Crippen molar-refractivity contribution in [3.63, 3.8) is 0 Å². The van der Waals surface area contributed by atoms with Crippen LogP contribution in [0.15, 0.2) is 83.8 Å². The Bertz CT molecular complexity index is 1160. The Kier molecular flexibility index (Phi) is 7.15. The van der Waals surface area contributed by atoms with Crippen molar-refractivity contribution >= 4 is 40.4 Å². The van der Waals surface area contributed by atoms with E-state index in [0.717, 1.165) is 41.7 Å². The number of carbonyl (C=O) groups is 2. The minimum atomic E-state index is -0.321. The van der Waals surface area contributed by atoms with Crippen molar-refractivity contribution in [2.75, 3.05) is 22.9 Å². The minimum absolute atomic E-state index is 0.302. The highest BCUT2D eigenvalue weighted by Crippen LogP contribution is 2.37. The molecule has 0 saturated carbocycles. The van der Waals surface area contributed by atoms with Gasteiger partial charge < -0.3 is 9.64 Å². The first-order chi connectivity index (χ1) is 16.1. The maximum Gasteiger partial charge on any atom is 0.298 e. The molecule has 0 unspecified atom stereocenters. The zero-order chi connectivity index (χ0) is 23.2. The van der Waals surface area contributed by atoms with Gasteiger partial charge >= 0.3 is 0 Å². The SMILES string of the molecule is CCN(CC)c1ccc(/C=C2\SC(=O)N(c3ccccc3)C2=O)c(OCc2ccccc2)c1. The standard InChI is InChI=1S/C27H26N2O3S/c1-3-28(4-2)23-16-15-21(24(18-23)32-19-20-11-7-5-8-12-20)17-25-26(30)29(27(31)33-25)22-13-9-6-10-14-22/h5-18H,3-4,19H2,1-2H3/b25-17-. The van der Waals surface area contributed by atoms with Crippen LogP contribution in [0, 0.1) is 0 Å². The molecule has 33 heavy (non-hydrogen) atoms. The van der Waals surface area contributed by atoms with Crippen molar-refractivity contribution in [2.45, 2.75) is 20.5 Å². The zero-order valence-corrected chi connectivity index (χ0v) is 19.5. The number of imide groups is 1. The molecule has 1 saturated heterocycles. The fraction of sp³-hybridized carbons (Fsp3) is 0.185. The zero-order valence-electron chi connectivity index (χ0n) is 18.7. The number of ether oxygens (including phenoxy) is 1. The van der Waals surface area contributed by atoms with E-state index in [-0.39, 0.29) is 11.1 Å². The molecule has 0 N–H and O–H groups in total. The lowest BCUT2D eigenvalue weighted by molar-refractivity contribution is -0.113. The molecule has 4 rings (SSSR count). The first-order valence-electron chi connectivity index (χ1n) is 11.0. The summed E-state index contributed by atoms with van der Waals surface area (Å²) in [7, 11) is 0. The van der Waals surface area contributed by atoms with Crippen molar-refractivity contribution < 1.29 is 14.3 Å². The highest BCUT2D eigenvalue weighted by molar-refractivity contribution is 8.19. The van der Waals surface area contributed by atoms with Crippen molar-refractivity contribution in [2.24, 2.45) is 0 Å². The third-order valence-electron chi connectivity index (χ3n) is 5.46. The smallest absolute Gasteiger partial charge is 0.298 e. The molecule has 3 aromatic carbocycles. The quantitative estimate of drug-likeness (QED) is 0.368. The van der Waals surface area contributed by atoms with Gasteiger partial charge in [-0.2, -0.15) is 0 Å². The minimum Gasteiger partial charge on any atom is -0.488 e. The van der Waals surface area contributed by atoms with Gasteiger partial charge in [0.05, 0.1) is 10.6 Å². The van der Waals surface area contributed by atoms with E-state index in [1.807, 2.05) is 66.7 Å². The molecule has 168 valence electrons. The van der Waals surface area contributed by atoms with Gasteiger partial charge in [-0.05, 0) is 61.5 Å². The summed E-state index contributed by atoms with van der Waals surface area (Å²) in [5.41, 5.74) is 3.44. The van der Waals surface area contributed by atoms with E-state index in [0.29, 0.717) is 22.9 Å². The van der Waals surface area contributed by atoms with Crippen LogP contribution in [-0.2, 0) is 11.4 Å². The molecule has 1 fully saturated rings. The van der Waals surface area contributed by atoms with E-state index in [1.54, 1.807) is 18.2 Å². The second-order valence-corrected chi connectivity index (χ2v) is 8.51. The predicted molar refractivity (Wildman–Crippen MR) is 136 cm³/mol. The summed E-state index contributed by atoms with van der Waals surface area (Å²) in [6, 6.07) is 24.9. The van der Waals surface area contributed by atoms with E-state index in [4.69, 9.17) is 4.74 Å². The van der Waals surface area contributed by atoms with Gasteiger partial charge in [-0.25, -0.2) is 4.90 Å². The molecular formula is C27H26N2O3S. The summed E-state index contributed by atoms with van der Waals surface area (Å²) in [5, 5.41) is -0.302. The van der Waals surface area contributed by atoms with Crippen molar-refractivity contribution in [3.05, 3.63) is 94.9 Å². The van der Waals surface area contributed by atoms with Crippen LogP contribution in [0.5, 0.6) is 5.75 Å². The molecule has 5 nitrogen and oxygen atoms in total. The van der Waals surface area contributed by atoms with Gasteiger partial charge in [0, 0.05) is 30.4 Å². The van der Waals surface area contributed by atoms with Crippen LogP contribution in [0.4, 0.5) is 16.2 Å². The van der Waals surface area contributed by atoms with Crippen LogP contribution >= 0.6 is 11.8 Å². The summed E-state index contributed by atoms with van der Waals surface area (Å²) in [4.78, 5) is 29.5. The summed E-state index contributed by atoms with van der Waals surface area (Å²) >= 11 is 0.947. The number of amides is 2. The number of hydrogen-bond acceptors (Lipinski definition) is 5. The second kappa shape index (κ2) is 10.4. The molecule has 1 aliphatic heterocycles. The van der Waals surface area contributed by atoms with E-state index in [1.165, 1.54) is 4.90 Å². The predicted octanol–water partition coefficient (Wildman–Crippen LogP) is 6.35. The summed E-state index contributed by atoms with van der Waals surface area (Å²) in [5.74, 6) is 0.354. The van der Waals surface area contributed by atoms with E-state index >= 15 is 0 Å². The van der Waals surface area contributed by atoms with E-state index in [9.17, 15) is 9.59 Å². The van der Waals surface area contributed by atoms with Gasteiger partial charge in [0.1, 0.15) is 12.4 Å². The lowest BCUT2D eigenvalue weighted by atomic mass is 10.1. The Morgan fingerprint density at radius 3 is 2.24 bits per heavy atom. The van der Waals surface area contributed by atoms with Crippen LogP contribution in [0.25, 0.3) is 6.08 Å². The average Bonchev–Trinajstić information content (AvgIpc) is 3.13. The third-order valence-corrected chi connectivity index (χ3v) is 6.33. The summed E-state index contributed by atoms with van der Waals surface area (Å²) in [6.07, 6.45) is 1.75. The summed E-state index contributed by atoms with van der Waals surface area (Å²) in [6.45, 7) is 6.39. The number of para-hydroxylation sites is 1. The van der Waals surface area contributed by atoms with Gasteiger partial charge in [-0.3, -0.25) is 9.59 Å². The molecule has 0 atom stereocenters. The molecule has 0 radical (unpaired) electrons. The Balaban J connectivity index is 1.66. The first-order valence-corrected chi connectivity index (χ1v) is 11.8. The highest BCUT2D eigenvalue weighted by atomic mass is 32.2. The highest BCUT2D eigenvalue weighted by Gasteiger charge is 2.36. The topological polar surface area (TPSA) is 49.9 Å². The number of rotatable bonds is 8. The number of carbonyl (C=O) groups excluding carboxylic acids is 2. The van der Waals surface area contributed by atoms with Gasteiger partial charge in [0.2, 0.25) is 0 Å². The monoisotopic (exact) mass is 458 g/mol. The van der Waals surface area contributed by atoms with Crippen molar-refractivity contribution in [3.8, 4) is 5.75 Å². The number of thioether (sulfide) groups is 1. The number of benzene rings is 3. The molecule has 0 aromatic heterocycles. The Morgan fingerprint density at radius 2 is 1.58 bits per heavy atom. The third kappa shape index (κ3) is 5.12. The lowest BCUT2D eigenvalue weighted by Gasteiger charge is -2.22. The van der Waals surface area contributed by atoms with E-state index < -0.39 is 0 Å². The molecule has 0 bridgehead atoms. The molecular weight excluding hydrogens is 432 g/mol. The first kappa shape index (κ1) is 22.7. The number of hydrogen-bond donors (Lipinski definition) is 0. The molecule has 1 aliphatic rings. The molecule has 2 amide bonds. The molecule has 0 aliphatic carbocycles. The number of nitrogens with zero attached hydrogens (tertiary/aromatic N) is 2. The molecule has 0 spiro atoms. The van der Waals surface area contributed by atoms with Crippen LogP contribution in [0.3, 0.4) is 0 Å². The number of anilines is 2. The normalized spacial score (nSPS) is 14.7. The Labute approximate surface area is 198 Å². The molecule has 1 heterocycles. The largest absolute Gasteiger partial charge is 0.488 e.